The molecule has 3 aromatic rings. The highest BCUT2D eigenvalue weighted by Crippen LogP contribution is 2.20. The number of carbonyl (C=O) groups is 2. The van der Waals surface area contributed by atoms with Crippen LogP contribution in [0.1, 0.15) is 20.7 Å². The maximum Gasteiger partial charge on any atom is 0.270 e. The van der Waals surface area contributed by atoms with Crippen LogP contribution in [0, 0.1) is 20.2 Å². The van der Waals surface area contributed by atoms with Crippen molar-refractivity contribution in [2.24, 2.45) is 0 Å². The Morgan fingerprint density at radius 3 is 1.59 bits per heavy atom. The molecule has 0 atom stereocenters. The number of non-ortho nitro benzene ring substituents is 2. The fraction of sp³-hybridized carbons (Fsp3) is 0. The molecule has 0 unspecified atom stereocenters. The molecule has 29 heavy (non-hydrogen) atoms. The van der Waals surface area contributed by atoms with E-state index in [4.69, 9.17) is 0 Å². The lowest BCUT2D eigenvalue weighted by Crippen LogP contribution is -2.17. The van der Waals surface area contributed by atoms with Crippen LogP contribution in [0.15, 0.2) is 53.2 Å². The number of nitro benzene ring substituents is 2. The monoisotopic (exact) mass is 398 g/mol. The number of aromatic nitrogens is 2. The van der Waals surface area contributed by atoms with Crippen LogP contribution in [0.4, 0.5) is 23.0 Å². The van der Waals surface area contributed by atoms with Crippen LogP contribution in [-0.2, 0) is 0 Å². The maximum atomic E-state index is 12.3. The van der Waals surface area contributed by atoms with Gasteiger partial charge in [0, 0.05) is 35.4 Å². The summed E-state index contributed by atoms with van der Waals surface area (Å²) in [6.07, 6.45) is 0. The number of rotatable bonds is 6. The van der Waals surface area contributed by atoms with Crippen molar-refractivity contribution in [1.82, 2.24) is 10.3 Å². The fourth-order valence-electron chi connectivity index (χ4n) is 2.23. The molecule has 0 bridgehead atoms. The lowest BCUT2D eigenvalue weighted by molar-refractivity contribution is -0.385. The topological polar surface area (TPSA) is 183 Å². The highest BCUT2D eigenvalue weighted by Gasteiger charge is 2.19. The van der Waals surface area contributed by atoms with Crippen molar-refractivity contribution in [2.45, 2.75) is 0 Å². The number of hydrogen-bond donors (Lipinski definition) is 2. The lowest BCUT2D eigenvalue weighted by Gasteiger charge is -2.05. The van der Waals surface area contributed by atoms with E-state index in [0.717, 1.165) is 12.1 Å². The molecule has 1 heterocycles. The van der Waals surface area contributed by atoms with Crippen LogP contribution in [0.3, 0.4) is 0 Å². The first-order chi connectivity index (χ1) is 13.8. The first-order valence-corrected chi connectivity index (χ1v) is 7.79. The van der Waals surface area contributed by atoms with E-state index >= 15 is 0 Å². The molecule has 0 spiro atoms. The van der Waals surface area contributed by atoms with Crippen LogP contribution in [-0.4, -0.2) is 32.0 Å². The third kappa shape index (κ3) is 4.36. The van der Waals surface area contributed by atoms with Crippen LogP contribution in [0.25, 0.3) is 0 Å². The fourth-order valence-corrected chi connectivity index (χ4v) is 2.23. The second-order valence-corrected chi connectivity index (χ2v) is 5.48. The van der Waals surface area contributed by atoms with E-state index in [1.165, 1.54) is 36.4 Å². The third-order valence-corrected chi connectivity index (χ3v) is 3.59. The van der Waals surface area contributed by atoms with Crippen LogP contribution in [0.2, 0.25) is 0 Å². The highest BCUT2D eigenvalue weighted by atomic mass is 16.6. The number of nitrogens with one attached hydrogen (secondary N) is 2. The van der Waals surface area contributed by atoms with Crippen LogP contribution < -0.4 is 10.6 Å². The number of carbonyl (C=O) groups excluding carboxylic acids is 2. The average molecular weight is 398 g/mol. The number of hydrogen-bond acceptors (Lipinski definition) is 9. The summed E-state index contributed by atoms with van der Waals surface area (Å²) in [5.41, 5.74) is -0.624. The molecule has 3 rings (SSSR count). The summed E-state index contributed by atoms with van der Waals surface area (Å²) >= 11 is 0. The summed E-state index contributed by atoms with van der Waals surface area (Å²) in [5, 5.41) is 33.2. The van der Waals surface area contributed by atoms with Gasteiger partial charge < -0.3 is 10.6 Å². The Kier molecular flexibility index (Phi) is 5.21. The SMILES string of the molecule is O=C(Nc1nonc1NC(=O)c1cccc([N+](=O)[O-])c1)c1cccc([N+](=O)[O-])c1. The summed E-state index contributed by atoms with van der Waals surface area (Å²) in [7, 11) is 0. The number of anilines is 2. The molecule has 0 aliphatic carbocycles. The van der Waals surface area contributed by atoms with Crippen LogP contribution in [0.5, 0.6) is 0 Å². The second-order valence-electron chi connectivity index (χ2n) is 5.48. The minimum Gasteiger partial charge on any atom is -0.300 e. The smallest absolute Gasteiger partial charge is 0.270 e. The van der Waals surface area contributed by atoms with Gasteiger partial charge in [-0.05, 0) is 22.4 Å². The first kappa shape index (κ1) is 19.1. The van der Waals surface area contributed by atoms with E-state index in [-0.39, 0.29) is 34.1 Å². The summed E-state index contributed by atoms with van der Waals surface area (Å²) in [4.78, 5) is 44.9. The zero-order valence-electron chi connectivity index (χ0n) is 14.3. The standard InChI is InChI=1S/C16H10N6O7/c23-15(9-3-1-5-11(7-9)21(25)26)17-13-14(20-29-19-13)18-16(24)10-4-2-6-12(8-10)22(27)28/h1-8H,(H,17,19,23)(H,18,20,24). The lowest BCUT2D eigenvalue weighted by atomic mass is 10.2. The average Bonchev–Trinajstić information content (AvgIpc) is 3.14. The Bertz CT molecular complexity index is 1040. The van der Waals surface area contributed by atoms with Crippen LogP contribution >= 0.6 is 0 Å². The van der Waals surface area contributed by atoms with Gasteiger partial charge in [0.15, 0.2) is 0 Å². The predicted molar refractivity (Wildman–Crippen MR) is 96.4 cm³/mol. The second kappa shape index (κ2) is 7.91. The summed E-state index contributed by atoms with van der Waals surface area (Å²) < 4.78 is 4.50. The Labute approximate surface area is 160 Å². The first-order valence-electron chi connectivity index (χ1n) is 7.79. The van der Waals surface area contributed by atoms with E-state index in [1.807, 2.05) is 0 Å². The Morgan fingerprint density at radius 1 is 0.793 bits per heavy atom. The Hall–Kier alpha value is -4.68. The van der Waals surface area contributed by atoms with E-state index in [9.17, 15) is 29.8 Å². The minimum absolute atomic E-state index is 0.0295. The number of nitrogens with zero attached hydrogens (tertiary/aromatic N) is 4. The summed E-state index contributed by atoms with van der Waals surface area (Å²) in [6, 6.07) is 9.92. The molecule has 0 saturated carbocycles. The van der Waals surface area contributed by atoms with Crippen molar-refractivity contribution in [2.75, 3.05) is 10.6 Å². The summed E-state index contributed by atoms with van der Waals surface area (Å²) in [6.45, 7) is 0. The molecule has 0 radical (unpaired) electrons. The molecule has 0 aliphatic heterocycles. The molecule has 0 fully saturated rings. The quantitative estimate of drug-likeness (QED) is 0.465. The molecule has 2 amide bonds. The van der Waals surface area contributed by atoms with Crippen molar-refractivity contribution in [1.29, 1.82) is 0 Å². The van der Waals surface area contributed by atoms with Gasteiger partial charge in [0.1, 0.15) is 0 Å². The molecule has 13 heteroatoms. The van der Waals surface area contributed by atoms with Gasteiger partial charge in [0.2, 0.25) is 11.6 Å². The molecule has 146 valence electrons. The van der Waals surface area contributed by atoms with Gasteiger partial charge in [-0.15, -0.1) is 0 Å². The zero-order valence-corrected chi connectivity index (χ0v) is 14.3. The van der Waals surface area contributed by atoms with Gasteiger partial charge in [-0.25, -0.2) is 4.63 Å². The molecule has 13 nitrogen and oxygen atoms in total. The zero-order chi connectivity index (χ0) is 21.0. The molecule has 0 aliphatic rings. The van der Waals surface area contributed by atoms with E-state index < -0.39 is 21.7 Å². The van der Waals surface area contributed by atoms with E-state index in [1.54, 1.807) is 0 Å². The van der Waals surface area contributed by atoms with Gasteiger partial charge in [-0.2, -0.15) is 0 Å². The molecular formula is C16H10N6O7. The largest absolute Gasteiger partial charge is 0.300 e. The molecule has 0 saturated heterocycles. The van der Waals surface area contributed by atoms with E-state index in [0.29, 0.717) is 0 Å². The third-order valence-electron chi connectivity index (χ3n) is 3.59. The number of amides is 2. The van der Waals surface area contributed by atoms with Crippen molar-refractivity contribution in [3.05, 3.63) is 79.9 Å². The summed E-state index contributed by atoms with van der Waals surface area (Å²) in [5.74, 6) is -2.01. The van der Waals surface area contributed by atoms with E-state index in [2.05, 4.69) is 25.6 Å². The van der Waals surface area contributed by atoms with Crippen molar-refractivity contribution >= 4 is 34.8 Å². The molecule has 2 aromatic carbocycles. The van der Waals surface area contributed by atoms with Gasteiger partial charge >= 0.3 is 0 Å². The Morgan fingerprint density at radius 2 is 1.21 bits per heavy atom. The number of benzene rings is 2. The van der Waals surface area contributed by atoms with Crippen molar-refractivity contribution < 1.29 is 24.1 Å². The normalized spacial score (nSPS) is 10.2. The molecule has 1 aromatic heterocycles. The Balaban J connectivity index is 1.76. The molecule has 2 N–H and O–H groups in total. The molecular weight excluding hydrogens is 388 g/mol. The van der Waals surface area contributed by atoms with Gasteiger partial charge in [0.25, 0.3) is 23.2 Å². The maximum absolute atomic E-state index is 12.3. The minimum atomic E-state index is -0.754. The van der Waals surface area contributed by atoms with Gasteiger partial charge in [-0.1, -0.05) is 12.1 Å². The highest BCUT2D eigenvalue weighted by molar-refractivity contribution is 6.08. The predicted octanol–water partition coefficient (Wildman–Crippen LogP) is 2.39. The van der Waals surface area contributed by atoms with Crippen molar-refractivity contribution in [3.8, 4) is 0 Å². The van der Waals surface area contributed by atoms with Crippen molar-refractivity contribution in [3.63, 3.8) is 0 Å². The van der Waals surface area contributed by atoms with Gasteiger partial charge in [-0.3, -0.25) is 29.8 Å². The van der Waals surface area contributed by atoms with Gasteiger partial charge in [0.05, 0.1) is 9.85 Å². The number of nitro groups is 2.